The molecule has 0 spiro atoms. The van der Waals surface area contributed by atoms with Crippen molar-refractivity contribution < 1.29 is 14.3 Å². The Balaban J connectivity index is 1.24. The molecule has 0 unspecified atom stereocenters. The summed E-state index contributed by atoms with van der Waals surface area (Å²) in [6, 6.07) is 4.73. The van der Waals surface area contributed by atoms with Gasteiger partial charge in [-0.15, -0.1) is 0 Å². The van der Waals surface area contributed by atoms with Gasteiger partial charge in [0.2, 0.25) is 5.91 Å². The molecule has 0 aromatic carbocycles. The third-order valence-corrected chi connectivity index (χ3v) is 6.47. The highest BCUT2D eigenvalue weighted by Gasteiger charge is 2.26. The Bertz CT molecular complexity index is 677. The number of amides is 1. The number of rotatable bonds is 11. The second-order valence-corrected chi connectivity index (χ2v) is 8.69. The lowest BCUT2D eigenvalue weighted by atomic mass is 9.96. The zero-order valence-electron chi connectivity index (χ0n) is 18.9. The highest BCUT2D eigenvalue weighted by molar-refractivity contribution is 5.78. The second kappa shape index (κ2) is 12.8. The van der Waals surface area contributed by atoms with Crippen LogP contribution < -0.4 is 5.32 Å². The Hall–Kier alpha value is -1.99. The van der Waals surface area contributed by atoms with Crippen LogP contribution in [0.2, 0.25) is 0 Å². The lowest BCUT2D eigenvalue weighted by molar-refractivity contribution is -0.144. The van der Waals surface area contributed by atoms with E-state index in [0.29, 0.717) is 19.2 Å². The highest BCUT2D eigenvalue weighted by Crippen LogP contribution is 2.31. The van der Waals surface area contributed by atoms with Crippen LogP contribution in [-0.4, -0.2) is 72.5 Å². The number of unbranched alkanes of at least 4 members (excludes halogenated alkanes) is 2. The largest absolute Gasteiger partial charge is 0.465 e. The van der Waals surface area contributed by atoms with E-state index >= 15 is 0 Å². The Morgan fingerprint density at radius 3 is 2.74 bits per heavy atom. The zero-order valence-corrected chi connectivity index (χ0v) is 18.9. The van der Waals surface area contributed by atoms with Crippen LogP contribution in [0.5, 0.6) is 0 Å². The molecular weight excluding hydrogens is 392 g/mol. The van der Waals surface area contributed by atoms with Crippen LogP contribution in [0, 0.1) is 5.92 Å². The molecule has 0 saturated carbocycles. The summed E-state index contributed by atoms with van der Waals surface area (Å²) >= 11 is 0. The predicted molar refractivity (Wildman–Crippen MR) is 120 cm³/mol. The fraction of sp³-hybridized carbons (Fsp3) is 0.708. The zero-order chi connectivity index (χ0) is 21.9. The van der Waals surface area contributed by atoms with Gasteiger partial charge in [-0.25, -0.2) is 0 Å². The van der Waals surface area contributed by atoms with Gasteiger partial charge in [0.25, 0.3) is 0 Å². The summed E-state index contributed by atoms with van der Waals surface area (Å²) in [5.41, 5.74) is 1.33. The summed E-state index contributed by atoms with van der Waals surface area (Å²) in [6.07, 6.45) is 11.3. The number of carbonyl (C=O) groups excluding carboxylic acids is 2. The molecule has 31 heavy (non-hydrogen) atoms. The van der Waals surface area contributed by atoms with Crippen molar-refractivity contribution in [3.63, 3.8) is 0 Å². The molecule has 1 N–H and O–H groups in total. The number of carbonyl (C=O) groups is 2. The van der Waals surface area contributed by atoms with Gasteiger partial charge in [-0.2, -0.15) is 0 Å². The van der Waals surface area contributed by atoms with Crippen LogP contribution in [-0.2, 0) is 14.3 Å². The Morgan fingerprint density at radius 2 is 2.00 bits per heavy atom. The van der Waals surface area contributed by atoms with Crippen molar-refractivity contribution in [3.8, 4) is 0 Å². The summed E-state index contributed by atoms with van der Waals surface area (Å²) in [5, 5.41) is 3.12. The Morgan fingerprint density at radius 1 is 1.16 bits per heavy atom. The second-order valence-electron chi connectivity index (χ2n) is 8.69. The molecule has 2 saturated heterocycles. The average Bonchev–Trinajstić information content (AvgIpc) is 3.26. The predicted octanol–water partition coefficient (Wildman–Crippen LogP) is 2.78. The molecular formula is C24H38N4O3. The van der Waals surface area contributed by atoms with Gasteiger partial charge in [0.1, 0.15) is 0 Å². The number of nitrogens with zero attached hydrogens (tertiary/aromatic N) is 3. The molecule has 3 heterocycles. The molecule has 7 heteroatoms. The van der Waals surface area contributed by atoms with Crippen LogP contribution >= 0.6 is 0 Å². The van der Waals surface area contributed by atoms with E-state index < -0.39 is 0 Å². The number of ether oxygens (including phenoxy) is 1. The molecule has 1 amide bonds. The number of esters is 1. The molecule has 1 atom stereocenters. The molecule has 3 rings (SSSR count). The summed E-state index contributed by atoms with van der Waals surface area (Å²) in [7, 11) is 0. The quantitative estimate of drug-likeness (QED) is 0.430. The number of pyridine rings is 1. The standard InChI is InChI=1S/C24H38N4O3/c1-2-31-23(29)19-27-16-10-20(11-17-27)24(30)26-13-4-3-5-14-28-15-7-9-22(28)21-8-6-12-25-18-21/h6,8,12,18,20,22H,2-5,7,9-11,13-17,19H2,1H3,(H,26,30)/t22-/m0/s1. The Labute approximate surface area is 186 Å². The van der Waals surface area contributed by atoms with Gasteiger partial charge >= 0.3 is 5.97 Å². The summed E-state index contributed by atoms with van der Waals surface area (Å²) in [4.78, 5) is 33.0. The number of nitrogens with one attached hydrogen (secondary N) is 1. The van der Waals surface area contributed by atoms with Crippen molar-refractivity contribution in [3.05, 3.63) is 30.1 Å². The maximum absolute atomic E-state index is 12.4. The van der Waals surface area contributed by atoms with Crippen molar-refractivity contribution in [2.75, 3.05) is 45.9 Å². The maximum atomic E-state index is 12.4. The molecule has 2 fully saturated rings. The minimum absolute atomic E-state index is 0.0725. The molecule has 0 bridgehead atoms. The molecule has 2 aliphatic heterocycles. The number of likely N-dealkylation sites (tertiary alicyclic amines) is 2. The van der Waals surface area contributed by atoms with Crippen LogP contribution in [0.3, 0.4) is 0 Å². The van der Waals surface area contributed by atoms with E-state index in [-0.39, 0.29) is 17.8 Å². The Kier molecular flexibility index (Phi) is 9.75. The molecule has 7 nitrogen and oxygen atoms in total. The first-order valence-corrected chi connectivity index (χ1v) is 12.0. The number of aromatic nitrogens is 1. The van der Waals surface area contributed by atoms with E-state index in [9.17, 15) is 9.59 Å². The molecule has 1 aromatic rings. The normalized spacial score (nSPS) is 20.6. The SMILES string of the molecule is CCOC(=O)CN1CCC(C(=O)NCCCCCN2CCC[C@H]2c2cccnc2)CC1. The molecule has 172 valence electrons. The minimum atomic E-state index is -0.175. The van der Waals surface area contributed by atoms with Gasteiger partial charge in [-0.3, -0.25) is 24.4 Å². The van der Waals surface area contributed by atoms with Gasteiger partial charge in [0.15, 0.2) is 0 Å². The molecule has 0 aliphatic carbocycles. The van der Waals surface area contributed by atoms with Crippen molar-refractivity contribution in [2.45, 2.75) is 57.9 Å². The number of hydrogen-bond acceptors (Lipinski definition) is 6. The molecule has 0 radical (unpaired) electrons. The van der Waals surface area contributed by atoms with Crippen LogP contribution in [0.15, 0.2) is 24.5 Å². The van der Waals surface area contributed by atoms with Gasteiger partial charge in [-0.1, -0.05) is 12.5 Å². The van der Waals surface area contributed by atoms with Crippen molar-refractivity contribution in [1.82, 2.24) is 20.1 Å². The fourth-order valence-electron chi connectivity index (χ4n) is 4.76. The lowest BCUT2D eigenvalue weighted by Gasteiger charge is -2.30. The third kappa shape index (κ3) is 7.58. The van der Waals surface area contributed by atoms with Gasteiger partial charge in [0.05, 0.1) is 13.2 Å². The highest BCUT2D eigenvalue weighted by atomic mass is 16.5. The molecule has 2 aliphatic rings. The first kappa shape index (κ1) is 23.7. The number of piperidine rings is 1. The minimum Gasteiger partial charge on any atom is -0.465 e. The van der Waals surface area contributed by atoms with E-state index in [1.165, 1.54) is 31.4 Å². The summed E-state index contributed by atoms with van der Waals surface area (Å²) in [6.45, 7) is 7.18. The lowest BCUT2D eigenvalue weighted by Crippen LogP contribution is -2.42. The monoisotopic (exact) mass is 430 g/mol. The van der Waals surface area contributed by atoms with Crippen molar-refractivity contribution in [2.24, 2.45) is 5.92 Å². The average molecular weight is 431 g/mol. The van der Waals surface area contributed by atoms with E-state index in [4.69, 9.17) is 4.74 Å². The van der Waals surface area contributed by atoms with Crippen LogP contribution in [0.25, 0.3) is 0 Å². The smallest absolute Gasteiger partial charge is 0.320 e. The summed E-state index contributed by atoms with van der Waals surface area (Å²) < 4.78 is 5.00. The molecule has 1 aromatic heterocycles. The fourth-order valence-corrected chi connectivity index (χ4v) is 4.76. The van der Waals surface area contributed by atoms with Crippen molar-refractivity contribution >= 4 is 11.9 Å². The number of hydrogen-bond donors (Lipinski definition) is 1. The van der Waals surface area contributed by atoms with E-state index in [2.05, 4.69) is 26.2 Å². The first-order chi connectivity index (χ1) is 15.2. The van der Waals surface area contributed by atoms with Gasteiger partial charge in [0, 0.05) is 30.9 Å². The summed E-state index contributed by atoms with van der Waals surface area (Å²) in [5.74, 6) is 0.0707. The van der Waals surface area contributed by atoms with E-state index in [1.54, 1.807) is 0 Å². The van der Waals surface area contributed by atoms with E-state index in [1.807, 2.05) is 25.4 Å². The maximum Gasteiger partial charge on any atom is 0.320 e. The topological polar surface area (TPSA) is 74.8 Å². The van der Waals surface area contributed by atoms with Crippen LogP contribution in [0.1, 0.15) is 63.5 Å². The first-order valence-electron chi connectivity index (χ1n) is 12.0. The van der Waals surface area contributed by atoms with E-state index in [0.717, 1.165) is 51.9 Å². The van der Waals surface area contributed by atoms with Crippen LogP contribution in [0.4, 0.5) is 0 Å². The van der Waals surface area contributed by atoms with Gasteiger partial charge < -0.3 is 10.1 Å². The van der Waals surface area contributed by atoms with Crippen molar-refractivity contribution in [1.29, 1.82) is 0 Å². The van der Waals surface area contributed by atoms with Gasteiger partial charge in [-0.05, 0) is 83.3 Å². The third-order valence-electron chi connectivity index (χ3n) is 6.47.